The van der Waals surface area contributed by atoms with Crippen molar-refractivity contribution in [2.24, 2.45) is 0 Å². The molecular formula is C14H21BrN2O2. The van der Waals surface area contributed by atoms with Gasteiger partial charge in [0.15, 0.2) is 0 Å². The van der Waals surface area contributed by atoms with Gasteiger partial charge in [-0.3, -0.25) is 4.79 Å². The summed E-state index contributed by atoms with van der Waals surface area (Å²) in [6.45, 7) is 7.19. The van der Waals surface area contributed by atoms with Crippen molar-refractivity contribution in [3.63, 3.8) is 0 Å². The predicted octanol–water partition coefficient (Wildman–Crippen LogP) is 2.55. The van der Waals surface area contributed by atoms with Crippen LogP contribution >= 0.6 is 15.9 Å². The van der Waals surface area contributed by atoms with Crippen LogP contribution in [0, 0.1) is 0 Å². The lowest BCUT2D eigenvalue weighted by Crippen LogP contribution is -2.41. The van der Waals surface area contributed by atoms with Crippen LogP contribution in [0.2, 0.25) is 0 Å². The zero-order valence-electron chi connectivity index (χ0n) is 11.6. The van der Waals surface area contributed by atoms with Crippen molar-refractivity contribution >= 4 is 21.8 Å². The lowest BCUT2D eigenvalue weighted by atomic mass is 10.1. The van der Waals surface area contributed by atoms with Crippen molar-refractivity contribution in [1.82, 2.24) is 10.6 Å². The minimum absolute atomic E-state index is 0.0480. The fraction of sp³-hybridized carbons (Fsp3) is 0.500. The maximum Gasteiger partial charge on any atom is 0.221 e. The van der Waals surface area contributed by atoms with Gasteiger partial charge in [-0.2, -0.15) is 0 Å². The first-order valence-corrected chi connectivity index (χ1v) is 7.06. The first kappa shape index (κ1) is 16.0. The molecule has 0 fully saturated rings. The second-order valence-electron chi connectivity index (χ2n) is 5.51. The monoisotopic (exact) mass is 328 g/mol. The Labute approximate surface area is 122 Å². The Balaban J connectivity index is 2.27. The van der Waals surface area contributed by atoms with Crippen LogP contribution in [-0.2, 0) is 11.3 Å². The van der Waals surface area contributed by atoms with Crippen LogP contribution in [0.15, 0.2) is 22.7 Å². The number of hydrogen-bond donors (Lipinski definition) is 3. The molecule has 0 aliphatic carbocycles. The van der Waals surface area contributed by atoms with Crippen LogP contribution in [0.3, 0.4) is 0 Å². The van der Waals surface area contributed by atoms with Gasteiger partial charge in [-0.25, -0.2) is 0 Å². The molecule has 0 aromatic heterocycles. The van der Waals surface area contributed by atoms with Crippen molar-refractivity contribution in [3.8, 4) is 5.75 Å². The minimum atomic E-state index is -0.182. The molecule has 0 aliphatic rings. The highest BCUT2D eigenvalue weighted by molar-refractivity contribution is 9.10. The number of hydrogen-bond acceptors (Lipinski definition) is 3. The molecule has 1 rings (SSSR count). The number of carbonyl (C=O) groups is 1. The van der Waals surface area contributed by atoms with Crippen molar-refractivity contribution in [2.45, 2.75) is 39.3 Å². The molecule has 0 spiro atoms. The molecule has 3 N–H and O–H groups in total. The van der Waals surface area contributed by atoms with Gasteiger partial charge >= 0.3 is 0 Å². The molecule has 0 atom stereocenters. The van der Waals surface area contributed by atoms with Crippen LogP contribution in [0.5, 0.6) is 5.75 Å². The van der Waals surface area contributed by atoms with Crippen LogP contribution in [0.1, 0.15) is 32.8 Å². The lowest BCUT2D eigenvalue weighted by molar-refractivity contribution is -0.122. The summed E-state index contributed by atoms with van der Waals surface area (Å²) in [6.07, 6.45) is 0.455. The van der Waals surface area contributed by atoms with E-state index in [1.54, 1.807) is 6.07 Å². The fourth-order valence-corrected chi connectivity index (χ4v) is 2.00. The first-order chi connectivity index (χ1) is 8.78. The SMILES string of the molecule is CC(C)(C)NC(=O)CCNCc1ccc(O)c(Br)c1. The number of phenolic OH excluding ortho intramolecular Hbond substituents is 1. The van der Waals surface area contributed by atoms with Crippen molar-refractivity contribution in [3.05, 3.63) is 28.2 Å². The zero-order valence-corrected chi connectivity index (χ0v) is 13.2. The third kappa shape index (κ3) is 6.59. The van der Waals surface area contributed by atoms with E-state index in [4.69, 9.17) is 0 Å². The molecule has 0 radical (unpaired) electrons. The number of halogens is 1. The molecule has 0 heterocycles. The van der Waals surface area contributed by atoms with Gasteiger partial charge < -0.3 is 15.7 Å². The van der Waals surface area contributed by atoms with Gasteiger partial charge in [0.05, 0.1) is 4.47 Å². The molecule has 1 amide bonds. The Morgan fingerprint density at radius 2 is 2.05 bits per heavy atom. The molecule has 1 aromatic rings. The summed E-state index contributed by atoms with van der Waals surface area (Å²) in [5, 5.41) is 15.5. The van der Waals surface area contributed by atoms with E-state index in [1.165, 1.54) is 0 Å². The third-order valence-electron chi connectivity index (χ3n) is 2.38. The van der Waals surface area contributed by atoms with Gasteiger partial charge in [-0.15, -0.1) is 0 Å². The van der Waals surface area contributed by atoms with E-state index in [1.807, 2.05) is 32.9 Å². The summed E-state index contributed by atoms with van der Waals surface area (Å²) in [4.78, 5) is 11.6. The summed E-state index contributed by atoms with van der Waals surface area (Å²) in [5.41, 5.74) is 0.875. The molecule has 5 heteroatoms. The van der Waals surface area contributed by atoms with E-state index in [0.29, 0.717) is 24.0 Å². The first-order valence-electron chi connectivity index (χ1n) is 6.27. The van der Waals surface area contributed by atoms with Crippen molar-refractivity contribution < 1.29 is 9.90 Å². The van der Waals surface area contributed by atoms with E-state index in [2.05, 4.69) is 26.6 Å². The van der Waals surface area contributed by atoms with Gasteiger partial charge in [-0.1, -0.05) is 6.07 Å². The number of amides is 1. The highest BCUT2D eigenvalue weighted by atomic mass is 79.9. The predicted molar refractivity (Wildman–Crippen MR) is 80.0 cm³/mol. The maximum absolute atomic E-state index is 11.6. The molecule has 0 unspecified atom stereocenters. The molecule has 0 saturated heterocycles. The second-order valence-corrected chi connectivity index (χ2v) is 6.37. The highest BCUT2D eigenvalue weighted by Gasteiger charge is 2.12. The van der Waals surface area contributed by atoms with E-state index in [9.17, 15) is 9.90 Å². The number of benzene rings is 1. The second kappa shape index (κ2) is 6.91. The quantitative estimate of drug-likeness (QED) is 0.728. The average Bonchev–Trinajstić information content (AvgIpc) is 2.27. The van der Waals surface area contributed by atoms with E-state index in [0.717, 1.165) is 5.56 Å². The molecule has 106 valence electrons. The summed E-state index contributed by atoms with van der Waals surface area (Å²) in [5.74, 6) is 0.278. The molecule has 0 bridgehead atoms. The van der Waals surface area contributed by atoms with Gasteiger partial charge in [0.2, 0.25) is 5.91 Å². The van der Waals surface area contributed by atoms with E-state index >= 15 is 0 Å². The largest absolute Gasteiger partial charge is 0.507 e. The Morgan fingerprint density at radius 3 is 2.63 bits per heavy atom. The smallest absolute Gasteiger partial charge is 0.221 e. The Kier molecular flexibility index (Phi) is 5.82. The summed E-state index contributed by atoms with van der Waals surface area (Å²) in [6, 6.07) is 5.35. The van der Waals surface area contributed by atoms with Crippen LogP contribution in [-0.4, -0.2) is 23.1 Å². The van der Waals surface area contributed by atoms with E-state index in [-0.39, 0.29) is 17.2 Å². The molecule has 4 nitrogen and oxygen atoms in total. The maximum atomic E-state index is 11.6. The topological polar surface area (TPSA) is 61.4 Å². The number of nitrogens with one attached hydrogen (secondary N) is 2. The van der Waals surface area contributed by atoms with Crippen molar-refractivity contribution in [2.75, 3.05) is 6.54 Å². The van der Waals surface area contributed by atoms with Gasteiger partial charge in [-0.05, 0) is 54.4 Å². The fourth-order valence-electron chi connectivity index (χ4n) is 1.58. The van der Waals surface area contributed by atoms with Gasteiger partial charge in [0.1, 0.15) is 5.75 Å². The van der Waals surface area contributed by atoms with E-state index < -0.39 is 0 Å². The number of carbonyl (C=O) groups excluding carboxylic acids is 1. The molecule has 19 heavy (non-hydrogen) atoms. The normalized spacial score (nSPS) is 11.4. The van der Waals surface area contributed by atoms with Crippen LogP contribution in [0.25, 0.3) is 0 Å². The number of rotatable bonds is 5. The Bertz CT molecular complexity index is 442. The number of phenols is 1. The minimum Gasteiger partial charge on any atom is -0.507 e. The Morgan fingerprint density at radius 1 is 1.37 bits per heavy atom. The average molecular weight is 329 g/mol. The standard InChI is InChI=1S/C14H21BrN2O2/c1-14(2,3)17-13(19)6-7-16-9-10-4-5-12(18)11(15)8-10/h4-5,8,16,18H,6-7,9H2,1-3H3,(H,17,19). The highest BCUT2D eigenvalue weighted by Crippen LogP contribution is 2.24. The molecule has 0 saturated carbocycles. The molecular weight excluding hydrogens is 308 g/mol. The Hall–Kier alpha value is -1.07. The lowest BCUT2D eigenvalue weighted by Gasteiger charge is -2.20. The number of aromatic hydroxyl groups is 1. The molecule has 1 aromatic carbocycles. The van der Waals surface area contributed by atoms with Gasteiger partial charge in [0.25, 0.3) is 0 Å². The van der Waals surface area contributed by atoms with Gasteiger partial charge in [0, 0.05) is 25.0 Å². The zero-order chi connectivity index (χ0) is 14.5. The van der Waals surface area contributed by atoms with Crippen LogP contribution < -0.4 is 10.6 Å². The van der Waals surface area contributed by atoms with Crippen molar-refractivity contribution in [1.29, 1.82) is 0 Å². The molecule has 0 aliphatic heterocycles. The summed E-state index contributed by atoms with van der Waals surface area (Å²) >= 11 is 3.27. The summed E-state index contributed by atoms with van der Waals surface area (Å²) in [7, 11) is 0. The summed E-state index contributed by atoms with van der Waals surface area (Å²) < 4.78 is 0.678. The van der Waals surface area contributed by atoms with Crippen LogP contribution in [0.4, 0.5) is 0 Å². The third-order valence-corrected chi connectivity index (χ3v) is 3.02.